The molecule has 2 aromatic rings. The van der Waals surface area contributed by atoms with Gasteiger partial charge in [-0.05, 0) is 24.3 Å². The van der Waals surface area contributed by atoms with Crippen molar-refractivity contribution in [2.24, 2.45) is 0 Å². The number of aliphatic hydroxyl groups is 1. The number of halogens is 1. The van der Waals surface area contributed by atoms with Crippen molar-refractivity contribution in [1.29, 1.82) is 0 Å². The molecular weight excluding hydrogens is 264 g/mol. The van der Waals surface area contributed by atoms with Crippen LogP contribution in [0.3, 0.4) is 0 Å². The molecule has 1 heterocycles. The zero-order valence-electron chi connectivity index (χ0n) is 7.48. The van der Waals surface area contributed by atoms with Crippen LogP contribution in [0.25, 0.3) is 11.0 Å². The first-order valence-corrected chi connectivity index (χ1v) is 4.97. The Labute approximate surface area is 93.3 Å². The minimum atomic E-state index is -1.61. The van der Waals surface area contributed by atoms with E-state index in [0.717, 1.165) is 9.86 Å². The van der Waals surface area contributed by atoms with Gasteiger partial charge in [0.25, 0.3) is 0 Å². The molecule has 0 saturated carbocycles. The number of hydrogen-bond acceptors (Lipinski definition) is 3. The van der Waals surface area contributed by atoms with Crippen LogP contribution in [0.2, 0.25) is 0 Å². The Morgan fingerprint density at radius 2 is 2.13 bits per heavy atom. The van der Waals surface area contributed by atoms with E-state index in [9.17, 15) is 9.90 Å². The van der Waals surface area contributed by atoms with E-state index in [1.54, 1.807) is 12.1 Å². The second kappa shape index (κ2) is 3.67. The Bertz CT molecular complexity index is 517. The van der Waals surface area contributed by atoms with Crippen LogP contribution in [-0.2, 0) is 4.79 Å². The maximum atomic E-state index is 10.5. The number of benzene rings is 1. The molecular formula is C10H7BrO4. The highest BCUT2D eigenvalue weighted by Crippen LogP contribution is 2.26. The predicted octanol–water partition coefficient (Wildman–Crippen LogP) is 2.31. The van der Waals surface area contributed by atoms with Crippen molar-refractivity contribution in [1.82, 2.24) is 0 Å². The second-order valence-corrected chi connectivity index (χ2v) is 3.99. The highest BCUT2D eigenvalue weighted by atomic mass is 79.9. The SMILES string of the molecule is O=C(O)C(O)c1cc2ccc(Br)cc2o1. The second-order valence-electron chi connectivity index (χ2n) is 3.07. The molecule has 0 aliphatic carbocycles. The van der Waals surface area contributed by atoms with Crippen LogP contribution in [0.4, 0.5) is 0 Å². The van der Waals surface area contributed by atoms with Gasteiger partial charge in [-0.1, -0.05) is 15.9 Å². The van der Waals surface area contributed by atoms with Crippen molar-refractivity contribution in [3.05, 3.63) is 34.5 Å². The van der Waals surface area contributed by atoms with Crippen LogP contribution in [0.1, 0.15) is 11.9 Å². The molecule has 4 nitrogen and oxygen atoms in total. The minimum absolute atomic E-state index is 0.0376. The molecule has 0 fully saturated rings. The van der Waals surface area contributed by atoms with Crippen molar-refractivity contribution in [3.63, 3.8) is 0 Å². The van der Waals surface area contributed by atoms with E-state index < -0.39 is 12.1 Å². The van der Waals surface area contributed by atoms with Crippen LogP contribution in [0.5, 0.6) is 0 Å². The zero-order chi connectivity index (χ0) is 11.0. The average molecular weight is 271 g/mol. The highest BCUT2D eigenvalue weighted by Gasteiger charge is 2.20. The summed E-state index contributed by atoms with van der Waals surface area (Å²) in [5, 5.41) is 18.6. The number of hydrogen-bond donors (Lipinski definition) is 2. The highest BCUT2D eigenvalue weighted by molar-refractivity contribution is 9.10. The molecule has 0 aliphatic heterocycles. The molecule has 1 atom stereocenters. The number of carboxylic acid groups (broad SMARTS) is 1. The Morgan fingerprint density at radius 3 is 2.80 bits per heavy atom. The molecule has 1 aromatic heterocycles. The molecule has 5 heteroatoms. The minimum Gasteiger partial charge on any atom is -0.479 e. The fourth-order valence-corrected chi connectivity index (χ4v) is 1.62. The molecule has 0 aliphatic rings. The van der Waals surface area contributed by atoms with Crippen LogP contribution in [0, 0.1) is 0 Å². The molecule has 0 saturated heterocycles. The summed E-state index contributed by atoms with van der Waals surface area (Å²) in [6.07, 6.45) is -1.61. The van der Waals surface area contributed by atoms with Gasteiger partial charge in [0.15, 0.2) is 0 Å². The molecule has 0 spiro atoms. The number of aliphatic carboxylic acids is 1. The van der Waals surface area contributed by atoms with E-state index in [1.165, 1.54) is 6.07 Å². The van der Waals surface area contributed by atoms with Crippen molar-refractivity contribution in [2.75, 3.05) is 0 Å². The van der Waals surface area contributed by atoms with Gasteiger partial charge in [-0.3, -0.25) is 0 Å². The Morgan fingerprint density at radius 1 is 1.40 bits per heavy atom. The molecule has 0 amide bonds. The molecule has 15 heavy (non-hydrogen) atoms. The van der Waals surface area contributed by atoms with Crippen LogP contribution < -0.4 is 0 Å². The summed E-state index contributed by atoms with van der Waals surface area (Å²) >= 11 is 3.27. The number of rotatable bonds is 2. The van der Waals surface area contributed by atoms with E-state index in [0.29, 0.717) is 5.58 Å². The van der Waals surface area contributed by atoms with E-state index in [1.807, 2.05) is 6.07 Å². The van der Waals surface area contributed by atoms with Gasteiger partial charge in [-0.25, -0.2) is 4.79 Å². The maximum Gasteiger partial charge on any atom is 0.340 e. The van der Waals surface area contributed by atoms with Crippen LogP contribution in [0.15, 0.2) is 33.2 Å². The van der Waals surface area contributed by atoms with Gasteiger partial charge in [-0.2, -0.15) is 0 Å². The van der Waals surface area contributed by atoms with Gasteiger partial charge < -0.3 is 14.6 Å². The fraction of sp³-hybridized carbons (Fsp3) is 0.100. The molecule has 0 radical (unpaired) electrons. The van der Waals surface area contributed by atoms with Gasteiger partial charge in [0.05, 0.1) is 0 Å². The number of fused-ring (bicyclic) bond motifs is 1. The lowest BCUT2D eigenvalue weighted by Crippen LogP contribution is -2.09. The Hall–Kier alpha value is -1.33. The predicted molar refractivity (Wildman–Crippen MR) is 56.5 cm³/mol. The summed E-state index contributed by atoms with van der Waals surface area (Å²) in [5.41, 5.74) is 0.541. The largest absolute Gasteiger partial charge is 0.479 e. The van der Waals surface area contributed by atoms with Gasteiger partial charge in [-0.15, -0.1) is 0 Å². The topological polar surface area (TPSA) is 70.7 Å². The van der Waals surface area contributed by atoms with Crippen molar-refractivity contribution in [2.45, 2.75) is 6.10 Å². The lowest BCUT2D eigenvalue weighted by Gasteiger charge is -1.98. The summed E-state index contributed by atoms with van der Waals surface area (Å²) in [4.78, 5) is 10.5. The van der Waals surface area contributed by atoms with E-state index >= 15 is 0 Å². The lowest BCUT2D eigenvalue weighted by molar-refractivity contribution is -0.147. The lowest BCUT2D eigenvalue weighted by atomic mass is 10.2. The molecule has 2 N–H and O–H groups in total. The molecule has 78 valence electrons. The van der Waals surface area contributed by atoms with Gasteiger partial charge in [0, 0.05) is 9.86 Å². The number of carboxylic acids is 1. The fourth-order valence-electron chi connectivity index (χ4n) is 1.28. The number of aliphatic hydroxyl groups excluding tert-OH is 1. The van der Waals surface area contributed by atoms with Crippen LogP contribution in [-0.4, -0.2) is 16.2 Å². The normalized spacial score (nSPS) is 12.9. The van der Waals surface area contributed by atoms with E-state index in [4.69, 9.17) is 9.52 Å². The Kier molecular flexibility index (Phi) is 2.50. The first kappa shape index (κ1) is 10.2. The Balaban J connectivity index is 2.51. The van der Waals surface area contributed by atoms with E-state index in [2.05, 4.69) is 15.9 Å². The smallest absolute Gasteiger partial charge is 0.340 e. The maximum absolute atomic E-state index is 10.5. The molecule has 0 bridgehead atoms. The monoisotopic (exact) mass is 270 g/mol. The third-order valence-corrected chi connectivity index (χ3v) is 2.50. The first-order chi connectivity index (χ1) is 7.08. The third kappa shape index (κ3) is 1.88. The third-order valence-electron chi connectivity index (χ3n) is 2.00. The number of carbonyl (C=O) groups is 1. The summed E-state index contributed by atoms with van der Waals surface area (Å²) in [6.45, 7) is 0. The van der Waals surface area contributed by atoms with Crippen molar-refractivity contribution < 1.29 is 19.4 Å². The van der Waals surface area contributed by atoms with Crippen molar-refractivity contribution >= 4 is 32.9 Å². The first-order valence-electron chi connectivity index (χ1n) is 4.18. The van der Waals surface area contributed by atoms with Gasteiger partial charge >= 0.3 is 5.97 Å². The summed E-state index contributed by atoms with van der Waals surface area (Å²) in [5.74, 6) is -1.29. The van der Waals surface area contributed by atoms with Crippen LogP contribution >= 0.6 is 15.9 Å². The van der Waals surface area contributed by atoms with Gasteiger partial charge in [0.1, 0.15) is 11.3 Å². The number of furan rings is 1. The average Bonchev–Trinajstić information content (AvgIpc) is 2.58. The molecule has 2 rings (SSSR count). The summed E-state index contributed by atoms with van der Waals surface area (Å²) < 4.78 is 6.05. The van der Waals surface area contributed by atoms with E-state index in [-0.39, 0.29) is 5.76 Å². The standard InChI is InChI=1S/C10H7BrO4/c11-6-2-1-5-3-8(9(12)10(13)14)15-7(5)4-6/h1-4,9,12H,(H,13,14). The molecule has 1 aromatic carbocycles. The zero-order valence-corrected chi connectivity index (χ0v) is 9.06. The van der Waals surface area contributed by atoms with Crippen molar-refractivity contribution in [3.8, 4) is 0 Å². The summed E-state index contributed by atoms with van der Waals surface area (Å²) in [7, 11) is 0. The quantitative estimate of drug-likeness (QED) is 0.879. The molecule has 1 unspecified atom stereocenters. The van der Waals surface area contributed by atoms with Gasteiger partial charge in [0.2, 0.25) is 6.10 Å². The summed E-state index contributed by atoms with van der Waals surface area (Å²) in [6, 6.07) is 6.82.